The summed E-state index contributed by atoms with van der Waals surface area (Å²) in [5.41, 5.74) is -0.398. The third-order valence-electron chi connectivity index (χ3n) is 3.98. The predicted molar refractivity (Wildman–Crippen MR) is 85.6 cm³/mol. The molecule has 0 radical (unpaired) electrons. The summed E-state index contributed by atoms with van der Waals surface area (Å²) in [4.78, 5) is 0. The van der Waals surface area contributed by atoms with Crippen LogP contribution in [-0.2, 0) is 5.60 Å². The average Bonchev–Trinajstić information content (AvgIpc) is 2.61. The van der Waals surface area contributed by atoms with Crippen molar-refractivity contribution in [3.63, 3.8) is 0 Å². The van der Waals surface area contributed by atoms with Crippen molar-refractivity contribution in [2.24, 2.45) is 0 Å². The van der Waals surface area contributed by atoms with Gasteiger partial charge in [0.05, 0.1) is 12.7 Å². The molecule has 0 fully saturated rings. The summed E-state index contributed by atoms with van der Waals surface area (Å²) in [6, 6.07) is 17.6. The molecular weight excluding hydrogens is 296 g/mol. The minimum Gasteiger partial charge on any atom is -0.394 e. The van der Waals surface area contributed by atoms with E-state index in [0.717, 1.165) is 0 Å². The van der Waals surface area contributed by atoms with E-state index in [-0.39, 0.29) is 6.42 Å². The third kappa shape index (κ3) is 3.96. The highest BCUT2D eigenvalue weighted by Crippen LogP contribution is 2.34. The molecule has 2 rings (SSSR count). The van der Waals surface area contributed by atoms with E-state index in [1.54, 1.807) is 48.5 Å². The van der Waals surface area contributed by atoms with Crippen molar-refractivity contribution in [1.29, 1.82) is 0 Å². The first-order valence-corrected chi connectivity index (χ1v) is 7.47. The van der Waals surface area contributed by atoms with Crippen molar-refractivity contribution < 1.29 is 25.5 Å². The maximum Gasteiger partial charge on any atom is 0.117 e. The minimum absolute atomic E-state index is 0.223. The van der Waals surface area contributed by atoms with Crippen LogP contribution in [0.3, 0.4) is 0 Å². The molecule has 5 nitrogen and oxygen atoms in total. The van der Waals surface area contributed by atoms with Crippen LogP contribution in [0.2, 0.25) is 0 Å². The van der Waals surface area contributed by atoms with Gasteiger partial charge in [-0.3, -0.25) is 0 Å². The zero-order chi connectivity index (χ0) is 16.9. The molecule has 2 aromatic carbocycles. The third-order valence-corrected chi connectivity index (χ3v) is 3.98. The van der Waals surface area contributed by atoms with E-state index in [0.29, 0.717) is 11.1 Å². The quantitative estimate of drug-likeness (QED) is 0.508. The van der Waals surface area contributed by atoms with Crippen molar-refractivity contribution >= 4 is 0 Å². The summed E-state index contributed by atoms with van der Waals surface area (Å²) >= 11 is 0. The second-order valence-electron chi connectivity index (χ2n) is 5.60. The van der Waals surface area contributed by atoms with Crippen LogP contribution in [-0.4, -0.2) is 50.5 Å². The zero-order valence-electron chi connectivity index (χ0n) is 12.7. The number of benzene rings is 2. The van der Waals surface area contributed by atoms with Crippen LogP contribution in [0, 0.1) is 0 Å². The van der Waals surface area contributed by atoms with Crippen LogP contribution < -0.4 is 0 Å². The Morgan fingerprint density at radius 3 is 1.57 bits per heavy atom. The molecule has 0 saturated heterocycles. The van der Waals surface area contributed by atoms with Crippen LogP contribution in [0.4, 0.5) is 0 Å². The van der Waals surface area contributed by atoms with E-state index in [1.807, 2.05) is 12.1 Å². The molecule has 5 heteroatoms. The molecular formula is C18H22O5. The molecule has 0 heterocycles. The standard InChI is InChI=1S/C18H22O5/c19-12-16(21)17(22)15(20)11-18(23,13-7-3-1-4-8-13)14-9-5-2-6-10-14/h1-10,15-17,19-23H,11-12H2/t15-,16-,17+/m1/s1. The molecule has 3 atom stereocenters. The fourth-order valence-electron chi connectivity index (χ4n) is 2.62. The Kier molecular flexibility index (Phi) is 5.87. The van der Waals surface area contributed by atoms with Gasteiger partial charge < -0.3 is 25.5 Å². The summed E-state index contributed by atoms with van der Waals surface area (Å²) in [5.74, 6) is 0. The summed E-state index contributed by atoms with van der Waals surface area (Å²) in [5, 5.41) is 49.7. The highest BCUT2D eigenvalue weighted by atomic mass is 16.4. The first-order valence-electron chi connectivity index (χ1n) is 7.47. The maximum atomic E-state index is 11.2. The molecule has 0 aliphatic rings. The van der Waals surface area contributed by atoms with Gasteiger partial charge in [0.15, 0.2) is 0 Å². The highest BCUT2D eigenvalue weighted by Gasteiger charge is 2.37. The second kappa shape index (κ2) is 7.68. The van der Waals surface area contributed by atoms with Crippen LogP contribution in [0.5, 0.6) is 0 Å². The van der Waals surface area contributed by atoms with Gasteiger partial charge >= 0.3 is 0 Å². The van der Waals surface area contributed by atoms with Crippen molar-refractivity contribution in [2.75, 3.05) is 6.61 Å². The molecule has 0 amide bonds. The number of aliphatic hydroxyl groups is 5. The van der Waals surface area contributed by atoms with Crippen LogP contribution in [0.15, 0.2) is 60.7 Å². The molecule has 124 valence electrons. The van der Waals surface area contributed by atoms with Gasteiger partial charge in [-0.25, -0.2) is 0 Å². The Bertz CT molecular complexity index is 547. The normalized spacial score (nSPS) is 15.9. The number of aliphatic hydroxyl groups excluding tert-OH is 4. The van der Waals surface area contributed by atoms with Gasteiger partial charge in [-0.1, -0.05) is 60.7 Å². The average molecular weight is 318 g/mol. The van der Waals surface area contributed by atoms with Gasteiger partial charge in [0.1, 0.15) is 17.8 Å². The Morgan fingerprint density at radius 1 is 0.739 bits per heavy atom. The lowest BCUT2D eigenvalue weighted by atomic mass is 9.80. The fourth-order valence-corrected chi connectivity index (χ4v) is 2.62. The SMILES string of the molecule is OC[C@@H](O)[C@@H](O)[C@H](O)CC(O)(c1ccccc1)c1ccccc1. The van der Waals surface area contributed by atoms with Crippen LogP contribution in [0.25, 0.3) is 0 Å². The van der Waals surface area contributed by atoms with E-state index in [2.05, 4.69) is 0 Å². The molecule has 5 N–H and O–H groups in total. The van der Waals surface area contributed by atoms with E-state index in [1.165, 1.54) is 0 Å². The molecule has 0 unspecified atom stereocenters. The topological polar surface area (TPSA) is 101 Å². The zero-order valence-corrected chi connectivity index (χ0v) is 12.7. The van der Waals surface area contributed by atoms with Gasteiger partial charge in [-0.2, -0.15) is 0 Å². The molecule has 0 aliphatic carbocycles. The molecule has 23 heavy (non-hydrogen) atoms. The van der Waals surface area contributed by atoms with Crippen molar-refractivity contribution in [1.82, 2.24) is 0 Å². The largest absolute Gasteiger partial charge is 0.394 e. The lowest BCUT2D eigenvalue weighted by Crippen LogP contribution is -2.44. The Hall–Kier alpha value is -1.76. The summed E-state index contributed by atoms with van der Waals surface area (Å²) in [6.07, 6.45) is -4.67. The molecule has 0 bridgehead atoms. The Balaban J connectivity index is 2.36. The lowest BCUT2D eigenvalue weighted by Gasteiger charge is -2.33. The van der Waals surface area contributed by atoms with Gasteiger partial charge in [-0.15, -0.1) is 0 Å². The number of hydrogen-bond donors (Lipinski definition) is 5. The van der Waals surface area contributed by atoms with Crippen molar-refractivity contribution in [3.05, 3.63) is 71.8 Å². The Morgan fingerprint density at radius 2 is 1.17 bits per heavy atom. The molecule has 0 spiro atoms. The van der Waals surface area contributed by atoms with E-state index >= 15 is 0 Å². The van der Waals surface area contributed by atoms with E-state index < -0.39 is 30.5 Å². The maximum absolute atomic E-state index is 11.2. The van der Waals surface area contributed by atoms with Gasteiger partial charge in [-0.05, 0) is 11.1 Å². The second-order valence-corrected chi connectivity index (χ2v) is 5.60. The van der Waals surface area contributed by atoms with Gasteiger partial charge in [0, 0.05) is 6.42 Å². The van der Waals surface area contributed by atoms with Gasteiger partial charge in [0.25, 0.3) is 0 Å². The van der Waals surface area contributed by atoms with Crippen LogP contribution in [0.1, 0.15) is 17.5 Å². The summed E-state index contributed by atoms with van der Waals surface area (Å²) in [6.45, 7) is -0.673. The number of rotatable bonds is 7. The predicted octanol–water partition coefficient (Wildman–Crippen LogP) is 0.388. The molecule has 2 aromatic rings. The molecule has 0 aromatic heterocycles. The number of hydrogen-bond acceptors (Lipinski definition) is 5. The van der Waals surface area contributed by atoms with Crippen molar-refractivity contribution in [3.8, 4) is 0 Å². The van der Waals surface area contributed by atoms with Crippen molar-refractivity contribution in [2.45, 2.75) is 30.3 Å². The monoisotopic (exact) mass is 318 g/mol. The van der Waals surface area contributed by atoms with E-state index in [9.17, 15) is 20.4 Å². The first-order chi connectivity index (χ1) is 11.0. The fraction of sp³-hybridized carbons (Fsp3) is 0.333. The molecule has 0 aliphatic heterocycles. The first kappa shape index (κ1) is 17.6. The summed E-state index contributed by atoms with van der Waals surface area (Å²) in [7, 11) is 0. The van der Waals surface area contributed by atoms with Gasteiger partial charge in [0.2, 0.25) is 0 Å². The Labute approximate surface area is 135 Å². The van der Waals surface area contributed by atoms with Crippen LogP contribution >= 0.6 is 0 Å². The molecule has 0 saturated carbocycles. The lowest BCUT2D eigenvalue weighted by molar-refractivity contribution is -0.0985. The minimum atomic E-state index is -1.56. The summed E-state index contributed by atoms with van der Waals surface area (Å²) < 4.78 is 0. The van der Waals surface area contributed by atoms with E-state index in [4.69, 9.17) is 5.11 Å². The smallest absolute Gasteiger partial charge is 0.117 e. The highest BCUT2D eigenvalue weighted by molar-refractivity contribution is 5.36.